The third-order valence-electron chi connectivity index (χ3n) is 2.63. The van der Waals surface area contributed by atoms with Gasteiger partial charge in [0.15, 0.2) is 0 Å². The lowest BCUT2D eigenvalue weighted by Crippen LogP contribution is -2.21. The van der Waals surface area contributed by atoms with E-state index in [1.165, 1.54) is 4.90 Å². The number of nitrogen functional groups attached to an aromatic ring is 1. The third kappa shape index (κ3) is 4.90. The molecule has 1 unspecified atom stereocenters. The SMILES string of the molecule is CN(C)C(=O)c1ccc(NCCCS(C)=O)c(N)c1. The van der Waals surface area contributed by atoms with Crippen LogP contribution >= 0.6 is 0 Å². The van der Waals surface area contributed by atoms with Crippen LogP contribution in [0.1, 0.15) is 16.8 Å². The number of amides is 1. The summed E-state index contributed by atoms with van der Waals surface area (Å²) in [5, 5.41) is 3.18. The van der Waals surface area contributed by atoms with E-state index in [1.54, 1.807) is 38.6 Å². The van der Waals surface area contributed by atoms with Crippen molar-refractivity contribution < 1.29 is 9.00 Å². The van der Waals surface area contributed by atoms with Crippen molar-refractivity contribution in [2.45, 2.75) is 6.42 Å². The first kappa shape index (κ1) is 15.5. The highest BCUT2D eigenvalue weighted by Gasteiger charge is 2.09. The molecule has 0 radical (unpaired) electrons. The fourth-order valence-corrected chi connectivity index (χ4v) is 2.16. The van der Waals surface area contributed by atoms with Crippen molar-refractivity contribution in [2.75, 3.05) is 43.7 Å². The van der Waals surface area contributed by atoms with E-state index in [-0.39, 0.29) is 5.91 Å². The molecule has 1 atom stereocenters. The summed E-state index contributed by atoms with van der Waals surface area (Å²) in [6.45, 7) is 0.713. The molecule has 0 aromatic heterocycles. The van der Waals surface area contributed by atoms with Gasteiger partial charge in [0.25, 0.3) is 5.91 Å². The lowest BCUT2D eigenvalue weighted by molar-refractivity contribution is 0.0827. The molecule has 3 N–H and O–H groups in total. The number of anilines is 2. The molecule has 1 aromatic rings. The maximum absolute atomic E-state index is 11.8. The summed E-state index contributed by atoms with van der Waals surface area (Å²) in [5.41, 5.74) is 7.83. The molecule has 19 heavy (non-hydrogen) atoms. The van der Waals surface area contributed by atoms with Gasteiger partial charge in [-0.05, 0) is 24.6 Å². The number of rotatable bonds is 6. The average molecular weight is 283 g/mol. The molecule has 0 aliphatic rings. The number of benzene rings is 1. The van der Waals surface area contributed by atoms with Crippen LogP contribution in [-0.2, 0) is 10.8 Å². The minimum absolute atomic E-state index is 0.0698. The van der Waals surface area contributed by atoms with E-state index >= 15 is 0 Å². The van der Waals surface area contributed by atoms with Crippen molar-refractivity contribution in [3.63, 3.8) is 0 Å². The van der Waals surface area contributed by atoms with Gasteiger partial charge in [0.05, 0.1) is 11.4 Å². The second-order valence-electron chi connectivity index (χ2n) is 4.56. The maximum atomic E-state index is 11.8. The Morgan fingerprint density at radius 3 is 2.63 bits per heavy atom. The normalized spacial score (nSPS) is 11.9. The number of nitrogens with one attached hydrogen (secondary N) is 1. The molecule has 1 aromatic carbocycles. The van der Waals surface area contributed by atoms with Gasteiger partial charge in [0, 0.05) is 49.0 Å². The van der Waals surface area contributed by atoms with Gasteiger partial charge in [-0.25, -0.2) is 0 Å². The van der Waals surface area contributed by atoms with Crippen molar-refractivity contribution in [1.82, 2.24) is 4.90 Å². The van der Waals surface area contributed by atoms with Gasteiger partial charge in [0.1, 0.15) is 0 Å². The van der Waals surface area contributed by atoms with Crippen LogP contribution in [0.15, 0.2) is 18.2 Å². The van der Waals surface area contributed by atoms with Crippen molar-refractivity contribution >= 4 is 28.1 Å². The minimum atomic E-state index is -0.765. The van der Waals surface area contributed by atoms with E-state index in [9.17, 15) is 9.00 Å². The Hall–Kier alpha value is -1.56. The molecule has 0 spiro atoms. The van der Waals surface area contributed by atoms with E-state index in [4.69, 9.17) is 5.73 Å². The summed E-state index contributed by atoms with van der Waals surface area (Å²) in [5.74, 6) is 0.601. The van der Waals surface area contributed by atoms with Gasteiger partial charge in [-0.15, -0.1) is 0 Å². The van der Waals surface area contributed by atoms with Crippen molar-refractivity contribution in [1.29, 1.82) is 0 Å². The van der Waals surface area contributed by atoms with Crippen LogP contribution in [-0.4, -0.2) is 47.7 Å². The summed E-state index contributed by atoms with van der Waals surface area (Å²) in [7, 11) is 2.64. The molecule has 0 aliphatic heterocycles. The number of carbonyl (C=O) groups is 1. The predicted octanol–water partition coefficient (Wildman–Crippen LogP) is 1.15. The second-order valence-corrected chi connectivity index (χ2v) is 6.11. The highest BCUT2D eigenvalue weighted by molar-refractivity contribution is 7.84. The van der Waals surface area contributed by atoms with Gasteiger partial charge in [-0.2, -0.15) is 0 Å². The van der Waals surface area contributed by atoms with E-state index in [0.717, 1.165) is 12.1 Å². The van der Waals surface area contributed by atoms with Gasteiger partial charge in [-0.3, -0.25) is 9.00 Å². The van der Waals surface area contributed by atoms with Crippen LogP contribution in [0.25, 0.3) is 0 Å². The van der Waals surface area contributed by atoms with Crippen molar-refractivity contribution in [3.05, 3.63) is 23.8 Å². The number of nitrogens with two attached hydrogens (primary N) is 1. The molecule has 1 amide bonds. The summed E-state index contributed by atoms with van der Waals surface area (Å²) in [6, 6.07) is 5.22. The molecule has 0 fully saturated rings. The Bertz CT molecular complexity index is 475. The van der Waals surface area contributed by atoms with E-state index in [2.05, 4.69) is 5.32 Å². The fraction of sp³-hybridized carbons (Fsp3) is 0.462. The number of nitrogens with zero attached hydrogens (tertiary/aromatic N) is 1. The molecular formula is C13H21N3O2S. The molecule has 0 saturated carbocycles. The first-order chi connectivity index (χ1) is 8.91. The first-order valence-electron chi connectivity index (χ1n) is 6.07. The second kappa shape index (κ2) is 7.13. The predicted molar refractivity (Wildman–Crippen MR) is 80.9 cm³/mol. The van der Waals surface area contributed by atoms with Crippen molar-refractivity contribution in [2.24, 2.45) is 0 Å². The third-order valence-corrected chi connectivity index (χ3v) is 3.49. The summed E-state index contributed by atoms with van der Waals surface area (Å²) in [6.07, 6.45) is 2.51. The zero-order valence-corrected chi connectivity index (χ0v) is 12.4. The van der Waals surface area contributed by atoms with E-state index < -0.39 is 10.8 Å². The van der Waals surface area contributed by atoms with Gasteiger partial charge >= 0.3 is 0 Å². The Morgan fingerprint density at radius 1 is 1.42 bits per heavy atom. The Kier molecular flexibility index (Phi) is 5.82. The molecule has 0 aliphatic carbocycles. The average Bonchev–Trinajstić information content (AvgIpc) is 2.34. The smallest absolute Gasteiger partial charge is 0.253 e. The van der Waals surface area contributed by atoms with Crippen LogP contribution in [0.2, 0.25) is 0 Å². The minimum Gasteiger partial charge on any atom is -0.397 e. The standard InChI is InChI=1S/C13H21N3O2S/c1-16(2)13(17)10-5-6-12(11(14)9-10)15-7-4-8-19(3)18/h5-6,9,15H,4,7-8,14H2,1-3H3. The van der Waals surface area contributed by atoms with E-state index in [0.29, 0.717) is 23.5 Å². The molecule has 0 heterocycles. The highest BCUT2D eigenvalue weighted by atomic mass is 32.2. The number of hydrogen-bond donors (Lipinski definition) is 2. The number of hydrogen-bond acceptors (Lipinski definition) is 4. The monoisotopic (exact) mass is 283 g/mol. The Labute approximate surface area is 116 Å². The lowest BCUT2D eigenvalue weighted by Gasteiger charge is -2.13. The van der Waals surface area contributed by atoms with Crippen LogP contribution < -0.4 is 11.1 Å². The summed E-state index contributed by atoms with van der Waals surface area (Å²) in [4.78, 5) is 13.3. The Balaban J connectivity index is 2.62. The maximum Gasteiger partial charge on any atom is 0.253 e. The summed E-state index contributed by atoms with van der Waals surface area (Å²) < 4.78 is 10.9. The van der Waals surface area contributed by atoms with Crippen molar-refractivity contribution in [3.8, 4) is 0 Å². The number of carbonyl (C=O) groups excluding carboxylic acids is 1. The highest BCUT2D eigenvalue weighted by Crippen LogP contribution is 2.20. The molecule has 6 heteroatoms. The van der Waals surface area contributed by atoms with Gasteiger partial charge in [-0.1, -0.05) is 0 Å². The molecule has 5 nitrogen and oxygen atoms in total. The molecule has 1 rings (SSSR count). The fourth-order valence-electron chi connectivity index (χ4n) is 1.61. The molecule has 106 valence electrons. The van der Waals surface area contributed by atoms with E-state index in [1.807, 2.05) is 0 Å². The van der Waals surface area contributed by atoms with Crippen LogP contribution in [0.4, 0.5) is 11.4 Å². The lowest BCUT2D eigenvalue weighted by atomic mass is 10.1. The Morgan fingerprint density at radius 2 is 2.11 bits per heavy atom. The first-order valence-corrected chi connectivity index (χ1v) is 7.79. The van der Waals surface area contributed by atoms with Gasteiger partial charge in [0.2, 0.25) is 0 Å². The van der Waals surface area contributed by atoms with Gasteiger partial charge < -0.3 is 16.0 Å². The molecular weight excluding hydrogens is 262 g/mol. The zero-order valence-electron chi connectivity index (χ0n) is 11.6. The zero-order chi connectivity index (χ0) is 14.4. The van der Waals surface area contributed by atoms with Crippen LogP contribution in [0, 0.1) is 0 Å². The quantitative estimate of drug-likeness (QED) is 0.606. The molecule has 0 saturated heterocycles. The molecule has 0 bridgehead atoms. The van der Waals surface area contributed by atoms with Crippen LogP contribution in [0.5, 0.6) is 0 Å². The largest absolute Gasteiger partial charge is 0.397 e. The van der Waals surface area contributed by atoms with Crippen LogP contribution in [0.3, 0.4) is 0 Å². The summed E-state index contributed by atoms with van der Waals surface area (Å²) >= 11 is 0. The topological polar surface area (TPSA) is 75.4 Å².